The molecule has 0 radical (unpaired) electrons. The third-order valence-corrected chi connectivity index (χ3v) is 3.96. The monoisotopic (exact) mass is 349 g/mol. The van der Waals surface area contributed by atoms with Gasteiger partial charge in [0.25, 0.3) is 0 Å². The third kappa shape index (κ3) is 6.52. The van der Waals surface area contributed by atoms with Crippen LogP contribution in [0.2, 0.25) is 0 Å². The lowest BCUT2D eigenvalue weighted by Crippen LogP contribution is -2.01. The molecular weight excluding hydrogens is 322 g/mol. The number of halogens is 1. The van der Waals surface area contributed by atoms with Crippen LogP contribution in [0.3, 0.4) is 0 Å². The van der Waals surface area contributed by atoms with Gasteiger partial charge in [0.15, 0.2) is 0 Å². The number of hydrogen-bond donors (Lipinski definition) is 2. The van der Waals surface area contributed by atoms with E-state index in [0.29, 0.717) is 13.2 Å². The van der Waals surface area contributed by atoms with Crippen molar-refractivity contribution in [2.45, 2.75) is 51.9 Å². The van der Waals surface area contributed by atoms with E-state index >= 15 is 0 Å². The van der Waals surface area contributed by atoms with Crippen LogP contribution in [0.4, 0.5) is 0 Å². The summed E-state index contributed by atoms with van der Waals surface area (Å²) in [5, 5.41) is 10.3. The summed E-state index contributed by atoms with van der Waals surface area (Å²) in [6.45, 7) is 3.21. The summed E-state index contributed by atoms with van der Waals surface area (Å²) in [5.41, 5.74) is 8.79. The molecule has 3 nitrogen and oxygen atoms in total. The van der Waals surface area contributed by atoms with Crippen molar-refractivity contribution in [3.8, 4) is 5.75 Å². The van der Waals surface area contributed by atoms with E-state index in [1.807, 2.05) is 42.5 Å². The van der Waals surface area contributed by atoms with Crippen LogP contribution in [-0.4, -0.2) is 5.11 Å². The van der Waals surface area contributed by atoms with Crippen LogP contribution in [0, 0.1) is 0 Å². The fourth-order valence-corrected chi connectivity index (χ4v) is 2.58. The van der Waals surface area contributed by atoms with Gasteiger partial charge in [-0.15, -0.1) is 12.4 Å². The normalized spacial score (nSPS) is 11.6. The van der Waals surface area contributed by atoms with Crippen LogP contribution in [0.15, 0.2) is 48.5 Å². The van der Waals surface area contributed by atoms with Crippen molar-refractivity contribution in [3.05, 3.63) is 65.2 Å². The Kier molecular flexibility index (Phi) is 9.46. The Balaban J connectivity index is 0.00000288. The SMILES string of the molecule is CCCCCC(O)c1cccc(OCc2cccc(CN)c2)c1.Cl. The van der Waals surface area contributed by atoms with Crippen molar-refractivity contribution < 1.29 is 9.84 Å². The maximum atomic E-state index is 10.3. The highest BCUT2D eigenvalue weighted by atomic mass is 35.5. The van der Waals surface area contributed by atoms with E-state index < -0.39 is 6.10 Å². The summed E-state index contributed by atoms with van der Waals surface area (Å²) in [4.78, 5) is 0. The Morgan fingerprint density at radius 2 is 1.79 bits per heavy atom. The van der Waals surface area contributed by atoms with Gasteiger partial charge in [-0.2, -0.15) is 0 Å². The zero-order valence-electron chi connectivity index (χ0n) is 14.3. The average molecular weight is 350 g/mol. The predicted molar refractivity (Wildman–Crippen MR) is 101 cm³/mol. The van der Waals surface area contributed by atoms with Crippen LogP contribution in [0.5, 0.6) is 5.75 Å². The number of rotatable bonds is 9. The standard InChI is InChI=1S/C20H27NO2.ClH/c1-2-3-4-11-20(22)18-9-6-10-19(13-18)23-15-17-8-5-7-16(12-17)14-21;/h5-10,12-13,20,22H,2-4,11,14-15,21H2,1H3;1H. The van der Waals surface area contributed by atoms with Crippen molar-refractivity contribution in [1.82, 2.24) is 0 Å². The lowest BCUT2D eigenvalue weighted by molar-refractivity contribution is 0.163. The highest BCUT2D eigenvalue weighted by molar-refractivity contribution is 5.85. The Hall–Kier alpha value is -1.55. The predicted octanol–water partition coefficient (Wildman–Crippen LogP) is 4.76. The molecule has 0 fully saturated rings. The fourth-order valence-electron chi connectivity index (χ4n) is 2.58. The van der Waals surface area contributed by atoms with E-state index in [2.05, 4.69) is 13.0 Å². The first-order valence-electron chi connectivity index (χ1n) is 8.41. The molecule has 1 unspecified atom stereocenters. The molecule has 0 heterocycles. The van der Waals surface area contributed by atoms with Crippen LogP contribution in [0.1, 0.15) is 55.4 Å². The molecule has 3 N–H and O–H groups in total. The van der Waals surface area contributed by atoms with Crippen LogP contribution in [-0.2, 0) is 13.2 Å². The number of nitrogens with two attached hydrogens (primary N) is 1. The second kappa shape index (κ2) is 11.1. The van der Waals surface area contributed by atoms with Gasteiger partial charge in [-0.05, 0) is 35.2 Å². The number of ether oxygens (including phenoxy) is 1. The third-order valence-electron chi connectivity index (χ3n) is 3.96. The maximum Gasteiger partial charge on any atom is 0.120 e. The molecule has 1 atom stereocenters. The molecule has 0 aromatic heterocycles. The highest BCUT2D eigenvalue weighted by Gasteiger charge is 2.08. The van der Waals surface area contributed by atoms with Crippen molar-refractivity contribution in [3.63, 3.8) is 0 Å². The molecule has 2 aromatic carbocycles. The quantitative estimate of drug-likeness (QED) is 0.642. The highest BCUT2D eigenvalue weighted by Crippen LogP contribution is 2.24. The Morgan fingerprint density at radius 1 is 1.04 bits per heavy atom. The van der Waals surface area contributed by atoms with Gasteiger partial charge < -0.3 is 15.6 Å². The molecule has 0 saturated carbocycles. The number of unbranched alkanes of at least 4 members (excludes halogenated alkanes) is 2. The Bertz CT molecular complexity index is 604. The summed E-state index contributed by atoms with van der Waals surface area (Å²) in [6, 6.07) is 15.8. The fraction of sp³-hybridized carbons (Fsp3) is 0.400. The van der Waals surface area contributed by atoms with Gasteiger partial charge in [0.2, 0.25) is 0 Å². The summed E-state index contributed by atoms with van der Waals surface area (Å²) in [5.74, 6) is 0.787. The van der Waals surface area contributed by atoms with Gasteiger partial charge in [-0.1, -0.05) is 62.6 Å². The number of aliphatic hydroxyl groups is 1. The van der Waals surface area contributed by atoms with E-state index in [1.165, 1.54) is 0 Å². The largest absolute Gasteiger partial charge is 0.489 e. The maximum absolute atomic E-state index is 10.3. The van der Waals surface area contributed by atoms with E-state index in [-0.39, 0.29) is 12.4 Å². The van der Waals surface area contributed by atoms with Crippen LogP contribution < -0.4 is 10.5 Å². The molecule has 0 aliphatic heterocycles. The van der Waals surface area contributed by atoms with Gasteiger partial charge in [0.1, 0.15) is 12.4 Å². The zero-order valence-corrected chi connectivity index (χ0v) is 15.1. The molecule has 0 aliphatic carbocycles. The second-order valence-corrected chi connectivity index (χ2v) is 5.90. The number of aliphatic hydroxyl groups excluding tert-OH is 1. The zero-order chi connectivity index (χ0) is 16.5. The summed E-state index contributed by atoms with van der Waals surface area (Å²) in [6.07, 6.45) is 3.76. The van der Waals surface area contributed by atoms with Gasteiger partial charge >= 0.3 is 0 Å². The lowest BCUT2D eigenvalue weighted by atomic mass is 10.0. The van der Waals surface area contributed by atoms with Crippen molar-refractivity contribution in [1.29, 1.82) is 0 Å². The molecule has 0 spiro atoms. The first kappa shape index (κ1) is 20.5. The van der Waals surface area contributed by atoms with Crippen LogP contribution >= 0.6 is 12.4 Å². The van der Waals surface area contributed by atoms with Gasteiger partial charge in [-0.25, -0.2) is 0 Å². The topological polar surface area (TPSA) is 55.5 Å². The molecule has 0 amide bonds. The first-order valence-corrected chi connectivity index (χ1v) is 8.41. The summed E-state index contributed by atoms with van der Waals surface area (Å²) < 4.78 is 5.86. The molecule has 132 valence electrons. The van der Waals surface area contributed by atoms with E-state index in [4.69, 9.17) is 10.5 Å². The number of hydrogen-bond acceptors (Lipinski definition) is 3. The minimum absolute atomic E-state index is 0. The first-order chi connectivity index (χ1) is 11.2. The second-order valence-electron chi connectivity index (χ2n) is 5.90. The van der Waals surface area contributed by atoms with Crippen LogP contribution in [0.25, 0.3) is 0 Å². The summed E-state index contributed by atoms with van der Waals surface area (Å²) >= 11 is 0. The number of benzene rings is 2. The average Bonchev–Trinajstić information content (AvgIpc) is 2.60. The van der Waals surface area contributed by atoms with Gasteiger partial charge in [0.05, 0.1) is 6.10 Å². The van der Waals surface area contributed by atoms with Crippen molar-refractivity contribution >= 4 is 12.4 Å². The van der Waals surface area contributed by atoms with E-state index in [9.17, 15) is 5.11 Å². The van der Waals surface area contributed by atoms with E-state index in [1.54, 1.807) is 0 Å². The molecule has 4 heteroatoms. The summed E-state index contributed by atoms with van der Waals surface area (Å²) in [7, 11) is 0. The van der Waals surface area contributed by atoms with E-state index in [0.717, 1.165) is 48.1 Å². The van der Waals surface area contributed by atoms with Gasteiger partial charge in [0, 0.05) is 6.54 Å². The van der Waals surface area contributed by atoms with Crippen molar-refractivity contribution in [2.24, 2.45) is 5.73 Å². The molecule has 2 aromatic rings. The molecule has 0 saturated heterocycles. The molecule has 2 rings (SSSR count). The Labute approximate surface area is 151 Å². The molecular formula is C20H28ClNO2. The molecule has 24 heavy (non-hydrogen) atoms. The minimum Gasteiger partial charge on any atom is -0.489 e. The smallest absolute Gasteiger partial charge is 0.120 e. The minimum atomic E-state index is -0.411. The van der Waals surface area contributed by atoms with Crippen molar-refractivity contribution in [2.75, 3.05) is 0 Å². The molecule has 0 aliphatic rings. The van der Waals surface area contributed by atoms with Gasteiger partial charge in [-0.3, -0.25) is 0 Å². The lowest BCUT2D eigenvalue weighted by Gasteiger charge is -2.13. The molecule has 0 bridgehead atoms. The Morgan fingerprint density at radius 3 is 2.54 bits per heavy atom.